The lowest BCUT2D eigenvalue weighted by atomic mass is 9.79. The van der Waals surface area contributed by atoms with Crippen LogP contribution in [0.2, 0.25) is 0 Å². The first-order valence-corrected chi connectivity index (χ1v) is 9.95. The van der Waals surface area contributed by atoms with Gasteiger partial charge in [0.05, 0.1) is 11.9 Å². The fourth-order valence-electron chi connectivity index (χ4n) is 3.95. The lowest BCUT2D eigenvalue weighted by Crippen LogP contribution is -2.54. The maximum atomic E-state index is 13.4. The van der Waals surface area contributed by atoms with Crippen LogP contribution in [0.3, 0.4) is 0 Å². The number of carbonyl (C=O) groups excluding carboxylic acids is 1. The zero-order valence-electron chi connectivity index (χ0n) is 16.8. The molecular weight excluding hydrogens is 364 g/mol. The number of piperidine rings is 1. The number of amides is 1. The van der Waals surface area contributed by atoms with E-state index < -0.39 is 0 Å². The van der Waals surface area contributed by atoms with Crippen LogP contribution in [-0.4, -0.2) is 39.7 Å². The number of carbonyl (C=O) groups is 1. The summed E-state index contributed by atoms with van der Waals surface area (Å²) in [6.07, 6.45) is 0.750. The van der Waals surface area contributed by atoms with Crippen LogP contribution in [0.5, 0.6) is 0 Å². The third-order valence-corrected chi connectivity index (χ3v) is 5.84. The molecule has 0 saturated carbocycles. The Morgan fingerprint density at radius 1 is 1.10 bits per heavy atom. The summed E-state index contributed by atoms with van der Waals surface area (Å²) in [5, 5.41) is 5.63. The standard InChI is InChI=1S/C23H26N4O2/c1-23(2)15-26(13-12-19(23)24)22(29)20-17-10-6-7-11-18(17)21(28)27(25-20)14-16-8-4-3-5-9-16/h3-11,19H,12-15,24H2,1-2H3. The van der Waals surface area contributed by atoms with Crippen LogP contribution in [-0.2, 0) is 6.54 Å². The molecule has 1 aliphatic rings. The molecule has 2 aromatic carbocycles. The summed E-state index contributed by atoms with van der Waals surface area (Å²) in [6.45, 7) is 5.65. The molecular formula is C23H26N4O2. The Hall–Kier alpha value is -2.99. The van der Waals surface area contributed by atoms with E-state index in [1.807, 2.05) is 47.4 Å². The number of hydrogen-bond donors (Lipinski definition) is 1. The van der Waals surface area contributed by atoms with Gasteiger partial charge in [0, 0.05) is 24.5 Å². The largest absolute Gasteiger partial charge is 0.337 e. The van der Waals surface area contributed by atoms with Gasteiger partial charge in [-0.2, -0.15) is 5.10 Å². The Morgan fingerprint density at radius 2 is 1.76 bits per heavy atom. The average molecular weight is 390 g/mol. The summed E-state index contributed by atoms with van der Waals surface area (Å²) in [6, 6.07) is 16.9. The monoisotopic (exact) mass is 390 g/mol. The number of hydrogen-bond acceptors (Lipinski definition) is 4. The Kier molecular flexibility index (Phi) is 4.96. The molecule has 29 heavy (non-hydrogen) atoms. The van der Waals surface area contributed by atoms with E-state index in [-0.39, 0.29) is 22.9 Å². The SMILES string of the molecule is CC1(C)CN(C(=O)c2nn(Cc3ccccc3)c(=O)c3ccccc23)CCC1N. The van der Waals surface area contributed by atoms with E-state index >= 15 is 0 Å². The van der Waals surface area contributed by atoms with Crippen molar-refractivity contribution in [3.8, 4) is 0 Å². The van der Waals surface area contributed by atoms with Crippen LogP contribution in [0.4, 0.5) is 0 Å². The highest BCUT2D eigenvalue weighted by atomic mass is 16.2. The normalized spacial score (nSPS) is 18.7. The van der Waals surface area contributed by atoms with Gasteiger partial charge in [-0.1, -0.05) is 62.4 Å². The second-order valence-corrected chi connectivity index (χ2v) is 8.45. The van der Waals surface area contributed by atoms with Crippen molar-refractivity contribution in [2.45, 2.75) is 32.9 Å². The minimum Gasteiger partial charge on any atom is -0.337 e. The number of likely N-dealkylation sites (tertiary alicyclic amines) is 1. The van der Waals surface area contributed by atoms with Crippen LogP contribution in [0.1, 0.15) is 36.3 Å². The molecule has 3 aromatic rings. The molecule has 0 aliphatic carbocycles. The van der Waals surface area contributed by atoms with E-state index in [2.05, 4.69) is 18.9 Å². The summed E-state index contributed by atoms with van der Waals surface area (Å²) in [4.78, 5) is 28.2. The smallest absolute Gasteiger partial charge is 0.274 e. The number of aromatic nitrogens is 2. The molecule has 4 rings (SSSR count). The zero-order chi connectivity index (χ0) is 20.6. The summed E-state index contributed by atoms with van der Waals surface area (Å²) in [7, 11) is 0. The molecule has 0 spiro atoms. The molecule has 0 bridgehead atoms. The van der Waals surface area contributed by atoms with Crippen LogP contribution >= 0.6 is 0 Å². The maximum Gasteiger partial charge on any atom is 0.274 e. The van der Waals surface area contributed by atoms with Gasteiger partial charge >= 0.3 is 0 Å². The first kappa shape index (κ1) is 19.3. The average Bonchev–Trinajstić information content (AvgIpc) is 2.72. The Labute approximate surface area is 169 Å². The van der Waals surface area contributed by atoms with Gasteiger partial charge in [0.2, 0.25) is 0 Å². The Bertz CT molecular complexity index is 1100. The maximum absolute atomic E-state index is 13.4. The van der Waals surface area contributed by atoms with Crippen molar-refractivity contribution in [3.05, 3.63) is 76.2 Å². The highest BCUT2D eigenvalue weighted by molar-refractivity contribution is 6.04. The summed E-state index contributed by atoms with van der Waals surface area (Å²) in [5.74, 6) is -0.150. The van der Waals surface area contributed by atoms with Crippen LogP contribution < -0.4 is 11.3 Å². The molecule has 1 fully saturated rings. The highest BCUT2D eigenvalue weighted by Crippen LogP contribution is 2.29. The van der Waals surface area contributed by atoms with Gasteiger partial charge in [-0.05, 0) is 23.5 Å². The van der Waals surface area contributed by atoms with Crippen molar-refractivity contribution >= 4 is 16.7 Å². The minimum atomic E-state index is -0.193. The third-order valence-electron chi connectivity index (χ3n) is 5.84. The van der Waals surface area contributed by atoms with Gasteiger partial charge in [-0.25, -0.2) is 4.68 Å². The number of benzene rings is 2. The first-order chi connectivity index (χ1) is 13.9. The van der Waals surface area contributed by atoms with E-state index in [0.717, 1.165) is 12.0 Å². The molecule has 1 atom stereocenters. The zero-order valence-corrected chi connectivity index (χ0v) is 16.8. The van der Waals surface area contributed by atoms with Gasteiger partial charge in [0.1, 0.15) is 0 Å². The molecule has 2 N–H and O–H groups in total. The molecule has 6 heteroatoms. The van der Waals surface area contributed by atoms with E-state index in [1.165, 1.54) is 4.68 Å². The van der Waals surface area contributed by atoms with E-state index in [4.69, 9.17) is 5.73 Å². The number of nitrogens with zero attached hydrogens (tertiary/aromatic N) is 3. The van der Waals surface area contributed by atoms with Gasteiger partial charge < -0.3 is 10.6 Å². The Balaban J connectivity index is 1.78. The quantitative estimate of drug-likeness (QED) is 0.745. The summed E-state index contributed by atoms with van der Waals surface area (Å²) < 4.78 is 1.39. The molecule has 6 nitrogen and oxygen atoms in total. The van der Waals surface area contributed by atoms with Gasteiger partial charge in [-0.15, -0.1) is 0 Å². The van der Waals surface area contributed by atoms with Crippen molar-refractivity contribution in [3.63, 3.8) is 0 Å². The third kappa shape index (κ3) is 3.68. The second kappa shape index (κ2) is 7.44. The number of fused-ring (bicyclic) bond motifs is 1. The topological polar surface area (TPSA) is 81.2 Å². The summed E-state index contributed by atoms with van der Waals surface area (Å²) in [5.41, 5.74) is 7.16. The number of rotatable bonds is 3. The molecule has 1 aromatic heterocycles. The predicted molar refractivity (Wildman–Crippen MR) is 114 cm³/mol. The second-order valence-electron chi connectivity index (χ2n) is 8.45. The highest BCUT2D eigenvalue weighted by Gasteiger charge is 2.36. The van der Waals surface area contributed by atoms with Crippen molar-refractivity contribution in [2.24, 2.45) is 11.1 Å². The van der Waals surface area contributed by atoms with Crippen molar-refractivity contribution in [2.75, 3.05) is 13.1 Å². The van der Waals surface area contributed by atoms with E-state index in [1.54, 1.807) is 12.1 Å². The van der Waals surface area contributed by atoms with Crippen LogP contribution in [0, 0.1) is 5.41 Å². The lowest BCUT2D eigenvalue weighted by Gasteiger charge is -2.42. The van der Waals surface area contributed by atoms with Crippen molar-refractivity contribution in [1.29, 1.82) is 0 Å². The Morgan fingerprint density at radius 3 is 2.45 bits per heavy atom. The molecule has 1 saturated heterocycles. The van der Waals surface area contributed by atoms with Crippen molar-refractivity contribution < 1.29 is 4.79 Å². The number of nitrogens with two attached hydrogens (primary N) is 1. The first-order valence-electron chi connectivity index (χ1n) is 9.95. The van der Waals surface area contributed by atoms with Crippen LogP contribution in [0.15, 0.2) is 59.4 Å². The molecule has 150 valence electrons. The van der Waals surface area contributed by atoms with E-state index in [9.17, 15) is 9.59 Å². The molecule has 0 radical (unpaired) electrons. The molecule has 1 amide bonds. The van der Waals surface area contributed by atoms with Gasteiger partial charge in [-0.3, -0.25) is 9.59 Å². The van der Waals surface area contributed by atoms with E-state index in [0.29, 0.717) is 36.1 Å². The van der Waals surface area contributed by atoms with Gasteiger partial charge in [0.25, 0.3) is 11.5 Å². The minimum absolute atomic E-state index is 0.0586. The lowest BCUT2D eigenvalue weighted by molar-refractivity contribution is 0.0527. The van der Waals surface area contributed by atoms with Gasteiger partial charge in [0.15, 0.2) is 5.69 Å². The van der Waals surface area contributed by atoms with Crippen LogP contribution in [0.25, 0.3) is 10.8 Å². The molecule has 1 aliphatic heterocycles. The molecule has 1 unspecified atom stereocenters. The fourth-order valence-corrected chi connectivity index (χ4v) is 3.95. The fraction of sp³-hybridized carbons (Fsp3) is 0.348. The molecule has 2 heterocycles. The summed E-state index contributed by atoms with van der Waals surface area (Å²) >= 11 is 0. The predicted octanol–water partition coefficient (Wildman–Crippen LogP) is 2.64. The van der Waals surface area contributed by atoms with Crippen molar-refractivity contribution in [1.82, 2.24) is 14.7 Å².